The molecule has 3 aromatic rings. The SMILES string of the molecule is CC1(c2ccc(O)cc2)CCC(C)(c2ccccc2O)c2ccc(O)cc21. The number of benzene rings is 3. The van der Waals surface area contributed by atoms with Gasteiger partial charge >= 0.3 is 0 Å². The maximum absolute atomic E-state index is 10.5. The van der Waals surface area contributed by atoms with E-state index in [0.29, 0.717) is 5.75 Å². The molecule has 0 aliphatic heterocycles. The van der Waals surface area contributed by atoms with Gasteiger partial charge in [-0.15, -0.1) is 0 Å². The van der Waals surface area contributed by atoms with Crippen molar-refractivity contribution in [3.63, 3.8) is 0 Å². The number of phenolic OH excluding ortho intramolecular Hbond substituents is 3. The Bertz CT molecular complexity index is 993. The van der Waals surface area contributed by atoms with Crippen LogP contribution in [0.15, 0.2) is 66.7 Å². The third-order valence-corrected chi connectivity index (χ3v) is 6.32. The molecule has 3 aromatic carbocycles. The maximum Gasteiger partial charge on any atom is 0.119 e. The fourth-order valence-electron chi connectivity index (χ4n) is 4.59. The summed E-state index contributed by atoms with van der Waals surface area (Å²) >= 11 is 0. The molecule has 0 heterocycles. The molecule has 1 aliphatic carbocycles. The van der Waals surface area contributed by atoms with E-state index < -0.39 is 0 Å². The normalized spacial score (nSPS) is 24.4. The summed E-state index contributed by atoms with van der Waals surface area (Å²) in [5, 5.41) is 30.4. The van der Waals surface area contributed by atoms with Crippen LogP contribution >= 0.6 is 0 Å². The van der Waals surface area contributed by atoms with Gasteiger partial charge in [0.25, 0.3) is 0 Å². The molecule has 0 spiro atoms. The molecule has 3 N–H and O–H groups in total. The highest BCUT2D eigenvalue weighted by molar-refractivity contribution is 5.57. The van der Waals surface area contributed by atoms with E-state index in [9.17, 15) is 15.3 Å². The Morgan fingerprint density at radius 3 is 1.96 bits per heavy atom. The van der Waals surface area contributed by atoms with E-state index in [1.165, 1.54) is 0 Å². The van der Waals surface area contributed by atoms with Gasteiger partial charge in [-0.05, 0) is 59.9 Å². The Kier molecular flexibility index (Phi) is 3.92. The number of para-hydroxylation sites is 1. The van der Waals surface area contributed by atoms with E-state index in [-0.39, 0.29) is 22.3 Å². The number of hydrogen-bond donors (Lipinski definition) is 3. The molecular weight excluding hydrogens is 336 g/mol. The molecule has 0 saturated heterocycles. The lowest BCUT2D eigenvalue weighted by molar-refractivity contribution is 0.354. The van der Waals surface area contributed by atoms with Crippen LogP contribution in [0.4, 0.5) is 0 Å². The summed E-state index contributed by atoms with van der Waals surface area (Å²) in [6.07, 6.45) is 1.72. The fourth-order valence-corrected chi connectivity index (χ4v) is 4.59. The number of fused-ring (bicyclic) bond motifs is 1. The molecule has 0 bridgehead atoms. The molecule has 138 valence electrons. The molecule has 2 atom stereocenters. The van der Waals surface area contributed by atoms with Crippen LogP contribution in [-0.2, 0) is 10.8 Å². The first-order valence-corrected chi connectivity index (χ1v) is 9.26. The van der Waals surface area contributed by atoms with Gasteiger partial charge in [0.1, 0.15) is 17.2 Å². The highest BCUT2D eigenvalue weighted by atomic mass is 16.3. The Morgan fingerprint density at radius 1 is 0.630 bits per heavy atom. The van der Waals surface area contributed by atoms with E-state index in [0.717, 1.165) is 35.1 Å². The standard InChI is InChI=1S/C24H24O3/c1-23(16-7-9-17(25)10-8-16)13-14-24(2,20-5-3-4-6-22(20)27)19-12-11-18(26)15-21(19)23/h3-12,15,25-27H,13-14H2,1-2H3. The first-order chi connectivity index (χ1) is 12.8. The summed E-state index contributed by atoms with van der Waals surface area (Å²) in [6.45, 7) is 4.34. The highest BCUT2D eigenvalue weighted by Gasteiger charge is 2.44. The molecular formula is C24H24O3. The largest absolute Gasteiger partial charge is 0.508 e. The van der Waals surface area contributed by atoms with Crippen molar-refractivity contribution >= 4 is 0 Å². The van der Waals surface area contributed by atoms with Gasteiger partial charge in [0.15, 0.2) is 0 Å². The number of aromatic hydroxyl groups is 3. The van der Waals surface area contributed by atoms with Crippen LogP contribution in [0.1, 0.15) is 48.9 Å². The number of hydrogen-bond acceptors (Lipinski definition) is 3. The predicted molar refractivity (Wildman–Crippen MR) is 106 cm³/mol. The first-order valence-electron chi connectivity index (χ1n) is 9.26. The summed E-state index contributed by atoms with van der Waals surface area (Å²) in [7, 11) is 0. The van der Waals surface area contributed by atoms with Crippen LogP contribution in [-0.4, -0.2) is 15.3 Å². The number of rotatable bonds is 2. The van der Waals surface area contributed by atoms with Crippen LogP contribution in [0.2, 0.25) is 0 Å². The van der Waals surface area contributed by atoms with Crippen molar-refractivity contribution in [2.75, 3.05) is 0 Å². The molecule has 4 rings (SSSR count). The Morgan fingerprint density at radius 2 is 1.26 bits per heavy atom. The average Bonchev–Trinajstić information content (AvgIpc) is 2.66. The third kappa shape index (κ3) is 2.66. The lowest BCUT2D eigenvalue weighted by Crippen LogP contribution is -2.38. The van der Waals surface area contributed by atoms with Crippen LogP contribution in [0.3, 0.4) is 0 Å². The van der Waals surface area contributed by atoms with Crippen molar-refractivity contribution in [1.29, 1.82) is 0 Å². The zero-order valence-corrected chi connectivity index (χ0v) is 15.6. The van der Waals surface area contributed by atoms with Crippen molar-refractivity contribution in [3.8, 4) is 17.2 Å². The Hall–Kier alpha value is -2.94. The van der Waals surface area contributed by atoms with E-state index >= 15 is 0 Å². The van der Waals surface area contributed by atoms with Crippen LogP contribution in [0.5, 0.6) is 17.2 Å². The van der Waals surface area contributed by atoms with Crippen molar-refractivity contribution in [3.05, 3.63) is 89.0 Å². The molecule has 0 fully saturated rings. The minimum atomic E-state index is -0.342. The van der Waals surface area contributed by atoms with Crippen molar-refractivity contribution in [1.82, 2.24) is 0 Å². The van der Waals surface area contributed by atoms with Gasteiger partial charge in [0.2, 0.25) is 0 Å². The summed E-state index contributed by atoms with van der Waals surface area (Å²) in [6, 6.07) is 20.4. The van der Waals surface area contributed by atoms with Crippen molar-refractivity contribution < 1.29 is 15.3 Å². The van der Waals surface area contributed by atoms with E-state index in [4.69, 9.17) is 0 Å². The molecule has 0 amide bonds. The molecule has 2 unspecified atom stereocenters. The van der Waals surface area contributed by atoms with Gasteiger partial charge in [-0.3, -0.25) is 0 Å². The Labute approximate surface area is 159 Å². The lowest BCUT2D eigenvalue weighted by atomic mass is 9.57. The molecule has 0 saturated carbocycles. The smallest absolute Gasteiger partial charge is 0.119 e. The topological polar surface area (TPSA) is 60.7 Å². The number of phenols is 3. The zero-order chi connectivity index (χ0) is 19.2. The lowest BCUT2D eigenvalue weighted by Gasteiger charge is -2.46. The first kappa shape index (κ1) is 17.5. The predicted octanol–water partition coefficient (Wildman–Crippen LogP) is 5.21. The van der Waals surface area contributed by atoms with Gasteiger partial charge in [0, 0.05) is 16.4 Å². The Balaban J connectivity index is 1.94. The van der Waals surface area contributed by atoms with Crippen LogP contribution < -0.4 is 0 Å². The van der Waals surface area contributed by atoms with Crippen molar-refractivity contribution in [2.24, 2.45) is 0 Å². The van der Waals surface area contributed by atoms with E-state index in [2.05, 4.69) is 13.8 Å². The van der Waals surface area contributed by atoms with Crippen molar-refractivity contribution in [2.45, 2.75) is 37.5 Å². The monoisotopic (exact) mass is 360 g/mol. The zero-order valence-electron chi connectivity index (χ0n) is 15.6. The second kappa shape index (κ2) is 6.05. The second-order valence-electron chi connectivity index (χ2n) is 7.96. The van der Waals surface area contributed by atoms with E-state index in [1.807, 2.05) is 42.5 Å². The van der Waals surface area contributed by atoms with Gasteiger partial charge < -0.3 is 15.3 Å². The van der Waals surface area contributed by atoms with Gasteiger partial charge in [0.05, 0.1) is 0 Å². The molecule has 0 radical (unpaired) electrons. The summed E-state index contributed by atoms with van der Waals surface area (Å²) in [5.74, 6) is 0.779. The fraction of sp³-hybridized carbons (Fsp3) is 0.250. The van der Waals surface area contributed by atoms with Gasteiger partial charge in [-0.25, -0.2) is 0 Å². The molecule has 0 aromatic heterocycles. The third-order valence-electron chi connectivity index (χ3n) is 6.32. The summed E-state index contributed by atoms with van der Waals surface area (Å²) < 4.78 is 0. The van der Waals surface area contributed by atoms with Crippen LogP contribution in [0, 0.1) is 0 Å². The summed E-state index contributed by atoms with van der Waals surface area (Å²) in [5.41, 5.74) is 3.56. The summed E-state index contributed by atoms with van der Waals surface area (Å²) in [4.78, 5) is 0. The second-order valence-corrected chi connectivity index (χ2v) is 7.96. The molecule has 1 aliphatic rings. The molecule has 27 heavy (non-hydrogen) atoms. The minimum Gasteiger partial charge on any atom is -0.508 e. The van der Waals surface area contributed by atoms with E-state index in [1.54, 1.807) is 24.3 Å². The maximum atomic E-state index is 10.5. The van der Waals surface area contributed by atoms with Crippen LogP contribution in [0.25, 0.3) is 0 Å². The van der Waals surface area contributed by atoms with Gasteiger partial charge in [-0.1, -0.05) is 50.2 Å². The molecule has 3 nitrogen and oxygen atoms in total. The quantitative estimate of drug-likeness (QED) is 0.588. The molecule has 3 heteroatoms. The van der Waals surface area contributed by atoms with Gasteiger partial charge in [-0.2, -0.15) is 0 Å². The highest BCUT2D eigenvalue weighted by Crippen LogP contribution is 2.53. The average molecular weight is 360 g/mol. The minimum absolute atomic E-state index is 0.236.